The van der Waals surface area contributed by atoms with E-state index in [0.717, 1.165) is 43.9 Å². The highest BCUT2D eigenvalue weighted by Crippen LogP contribution is 2.78. The highest BCUT2D eigenvalue weighted by Gasteiger charge is 2.83. The zero-order valence-electron chi connectivity index (χ0n) is 21.2. The largest absolute Gasteiger partial charge is 0.504 e. The van der Waals surface area contributed by atoms with Crippen molar-refractivity contribution in [3.63, 3.8) is 0 Å². The van der Waals surface area contributed by atoms with Crippen LogP contribution in [0.5, 0.6) is 11.5 Å². The van der Waals surface area contributed by atoms with Crippen molar-refractivity contribution in [1.82, 2.24) is 4.90 Å². The third-order valence-corrected chi connectivity index (χ3v) is 12.1. The molecule has 7 atom stereocenters. The van der Waals surface area contributed by atoms with E-state index in [9.17, 15) is 5.11 Å². The second-order valence-electron chi connectivity index (χ2n) is 14.0. The summed E-state index contributed by atoms with van der Waals surface area (Å²) in [5, 5.41) is 11.0. The molecule has 5 nitrogen and oxygen atoms in total. The van der Waals surface area contributed by atoms with Gasteiger partial charge in [0.05, 0.1) is 5.60 Å². The van der Waals surface area contributed by atoms with Crippen LogP contribution in [0.1, 0.15) is 77.3 Å². The standard InChI is InChI=1S/C29H39NO4/c1-25(2,3)26(4)20-14-27-9-10-29(20,33-16-32-26)24-28(27)11-12-30(15-17-5-6-17)21(27)13-18-7-8-19(31)23(34-24)22(18)28/h7-8,17,20-21,24,31H,5-6,9-16H2,1-4H3/t20-,21-,24-,26+,27-,28+,29?/m1/s1. The van der Waals surface area contributed by atoms with Gasteiger partial charge in [0, 0.05) is 34.9 Å². The molecule has 3 spiro atoms. The van der Waals surface area contributed by atoms with Crippen LogP contribution in [0.25, 0.3) is 0 Å². The van der Waals surface area contributed by atoms with Crippen LogP contribution in [-0.4, -0.2) is 53.2 Å². The summed E-state index contributed by atoms with van der Waals surface area (Å²) in [5.41, 5.74) is 2.22. The first kappa shape index (κ1) is 20.8. The van der Waals surface area contributed by atoms with E-state index in [1.807, 2.05) is 6.07 Å². The summed E-state index contributed by atoms with van der Waals surface area (Å²) in [7, 11) is 0. The SMILES string of the molecule is CC(C)(C)[C@@]1(C)OCOC23CC[C@@]4(C[C@@H]21)[C@H]1Cc2ccc(O)c5c2[C@@]4(CCN1CC1CC1)[C@H]3O5. The van der Waals surface area contributed by atoms with Crippen molar-refractivity contribution < 1.29 is 19.3 Å². The summed E-state index contributed by atoms with van der Waals surface area (Å²) in [4.78, 5) is 2.88. The van der Waals surface area contributed by atoms with Gasteiger partial charge in [-0.05, 0) is 81.4 Å². The van der Waals surface area contributed by atoms with E-state index in [-0.39, 0.29) is 39.5 Å². The van der Waals surface area contributed by atoms with E-state index >= 15 is 0 Å². The topological polar surface area (TPSA) is 51.2 Å². The summed E-state index contributed by atoms with van der Waals surface area (Å²) < 4.78 is 20.4. The van der Waals surface area contributed by atoms with E-state index in [0.29, 0.717) is 18.6 Å². The van der Waals surface area contributed by atoms with E-state index in [2.05, 4.69) is 38.7 Å². The first-order valence-electron chi connectivity index (χ1n) is 13.7. The van der Waals surface area contributed by atoms with Crippen molar-refractivity contribution in [2.24, 2.45) is 22.7 Å². The van der Waals surface area contributed by atoms with Crippen LogP contribution >= 0.6 is 0 Å². The normalized spacial score (nSPS) is 48.3. The van der Waals surface area contributed by atoms with Gasteiger partial charge in [0.25, 0.3) is 0 Å². The molecule has 34 heavy (non-hydrogen) atoms. The number of phenols is 1. The predicted molar refractivity (Wildman–Crippen MR) is 128 cm³/mol. The number of hydrogen-bond donors (Lipinski definition) is 1. The Morgan fingerprint density at radius 2 is 1.94 bits per heavy atom. The van der Waals surface area contributed by atoms with Gasteiger partial charge in [-0.2, -0.15) is 0 Å². The molecule has 0 aromatic heterocycles. The molecule has 1 aromatic carbocycles. The maximum atomic E-state index is 11.0. The fraction of sp³-hybridized carbons (Fsp3) is 0.793. The van der Waals surface area contributed by atoms with Crippen LogP contribution in [0.4, 0.5) is 0 Å². The maximum absolute atomic E-state index is 11.0. The van der Waals surface area contributed by atoms with Crippen molar-refractivity contribution in [2.45, 2.75) is 101 Å². The van der Waals surface area contributed by atoms with Crippen molar-refractivity contribution >= 4 is 0 Å². The predicted octanol–water partition coefficient (Wildman–Crippen LogP) is 4.78. The van der Waals surface area contributed by atoms with Gasteiger partial charge in [0.15, 0.2) is 11.5 Å². The maximum Gasteiger partial charge on any atom is 0.165 e. The lowest BCUT2D eigenvalue weighted by molar-refractivity contribution is -0.389. The molecule has 8 aliphatic rings. The number of hydrogen-bond acceptors (Lipinski definition) is 5. The molecule has 1 unspecified atom stereocenters. The van der Waals surface area contributed by atoms with Crippen LogP contribution in [-0.2, 0) is 21.3 Å². The van der Waals surface area contributed by atoms with E-state index in [4.69, 9.17) is 14.2 Å². The molecular weight excluding hydrogens is 426 g/mol. The van der Waals surface area contributed by atoms with E-state index in [1.54, 1.807) is 0 Å². The van der Waals surface area contributed by atoms with Gasteiger partial charge in [0.1, 0.15) is 18.5 Å². The van der Waals surface area contributed by atoms with E-state index < -0.39 is 0 Å². The molecule has 4 bridgehead atoms. The van der Waals surface area contributed by atoms with Gasteiger partial charge in [-0.15, -0.1) is 0 Å². The van der Waals surface area contributed by atoms with Crippen molar-refractivity contribution in [3.05, 3.63) is 23.3 Å². The Bertz CT molecular complexity index is 1090. The number of likely N-dealkylation sites (tertiary alicyclic amines) is 1. The fourth-order valence-electron chi connectivity index (χ4n) is 10.0. The van der Waals surface area contributed by atoms with Gasteiger partial charge in [-0.3, -0.25) is 4.90 Å². The Balaban J connectivity index is 1.38. The number of aromatic hydroxyl groups is 1. The lowest BCUT2D eigenvalue weighted by Gasteiger charge is -2.77. The van der Waals surface area contributed by atoms with Crippen LogP contribution in [0, 0.1) is 22.7 Å². The lowest BCUT2D eigenvalue weighted by Crippen LogP contribution is -2.84. The summed E-state index contributed by atoms with van der Waals surface area (Å²) in [6, 6.07) is 4.62. The zero-order valence-corrected chi connectivity index (χ0v) is 21.2. The summed E-state index contributed by atoms with van der Waals surface area (Å²) in [5.74, 6) is 2.26. The highest BCUT2D eigenvalue weighted by atomic mass is 16.7. The molecule has 184 valence electrons. The molecule has 4 saturated carbocycles. The Hall–Kier alpha value is -1.30. The number of piperidine rings is 1. The first-order chi connectivity index (χ1) is 16.2. The molecule has 3 heterocycles. The van der Waals surface area contributed by atoms with Crippen LogP contribution in [0.15, 0.2) is 12.1 Å². The molecule has 5 heteroatoms. The minimum Gasteiger partial charge on any atom is -0.504 e. The highest BCUT2D eigenvalue weighted by molar-refractivity contribution is 5.63. The quantitative estimate of drug-likeness (QED) is 0.681. The number of fused-ring (bicyclic) bond motifs is 1. The summed E-state index contributed by atoms with van der Waals surface area (Å²) in [6.45, 7) is 12.1. The smallest absolute Gasteiger partial charge is 0.165 e. The van der Waals surface area contributed by atoms with Crippen LogP contribution in [0.3, 0.4) is 0 Å². The number of benzene rings is 1. The van der Waals surface area contributed by atoms with E-state index in [1.165, 1.54) is 36.9 Å². The second-order valence-corrected chi connectivity index (χ2v) is 14.0. The van der Waals surface area contributed by atoms with Crippen molar-refractivity contribution in [1.29, 1.82) is 0 Å². The Morgan fingerprint density at radius 3 is 2.71 bits per heavy atom. The number of rotatable bonds is 2. The molecular formula is C29H39NO4. The summed E-state index contributed by atoms with van der Waals surface area (Å²) >= 11 is 0. The third-order valence-electron chi connectivity index (χ3n) is 12.1. The van der Waals surface area contributed by atoms with Crippen molar-refractivity contribution in [2.75, 3.05) is 19.9 Å². The number of phenolic OH excluding ortho intramolecular Hbond substituents is 1. The average molecular weight is 466 g/mol. The first-order valence-corrected chi connectivity index (χ1v) is 13.7. The van der Waals surface area contributed by atoms with Gasteiger partial charge < -0.3 is 19.3 Å². The molecule has 0 radical (unpaired) electrons. The van der Waals surface area contributed by atoms with Crippen LogP contribution < -0.4 is 4.74 Å². The number of ether oxygens (including phenoxy) is 3. The molecule has 2 saturated heterocycles. The fourth-order valence-corrected chi connectivity index (χ4v) is 10.0. The molecule has 6 fully saturated rings. The molecule has 3 aliphatic heterocycles. The third kappa shape index (κ3) is 2.06. The monoisotopic (exact) mass is 465 g/mol. The Kier molecular flexibility index (Phi) is 3.67. The number of nitrogens with zero attached hydrogens (tertiary/aromatic N) is 1. The molecule has 1 aromatic rings. The van der Waals surface area contributed by atoms with Gasteiger partial charge in [0.2, 0.25) is 0 Å². The average Bonchev–Trinajstić information content (AvgIpc) is 3.53. The Morgan fingerprint density at radius 1 is 1.12 bits per heavy atom. The zero-order chi connectivity index (χ0) is 23.3. The van der Waals surface area contributed by atoms with Gasteiger partial charge >= 0.3 is 0 Å². The van der Waals surface area contributed by atoms with Gasteiger partial charge in [-0.25, -0.2) is 0 Å². The van der Waals surface area contributed by atoms with Crippen molar-refractivity contribution in [3.8, 4) is 11.5 Å². The van der Waals surface area contributed by atoms with Crippen LogP contribution in [0.2, 0.25) is 0 Å². The molecule has 5 aliphatic carbocycles. The second kappa shape index (κ2) is 5.98. The van der Waals surface area contributed by atoms with Gasteiger partial charge in [-0.1, -0.05) is 26.8 Å². The lowest BCUT2D eigenvalue weighted by atomic mass is 9.33. The molecule has 0 amide bonds. The molecule has 9 rings (SSSR count). The minimum atomic E-state index is -0.356. The summed E-state index contributed by atoms with van der Waals surface area (Å²) in [6.07, 6.45) is 8.35. The minimum absolute atomic E-state index is 0.00797. The Labute approximate surface area is 203 Å². The molecule has 1 N–H and O–H groups in total.